The summed E-state index contributed by atoms with van der Waals surface area (Å²) in [6.45, 7) is 2.14. The Morgan fingerprint density at radius 3 is 3.00 bits per heavy atom. The van der Waals surface area contributed by atoms with Crippen LogP contribution in [0.3, 0.4) is 0 Å². The van der Waals surface area contributed by atoms with Crippen LogP contribution in [0.25, 0.3) is 11.4 Å². The summed E-state index contributed by atoms with van der Waals surface area (Å²) < 4.78 is 0.626. The first-order chi connectivity index (χ1) is 7.79. The number of hydrogen-bond donors (Lipinski definition) is 1. The smallest absolute Gasteiger partial charge is 0.140 e. The van der Waals surface area contributed by atoms with Crippen LogP contribution in [0.15, 0.2) is 30.6 Å². The molecule has 0 saturated heterocycles. The molecule has 0 aromatic carbocycles. The SMILES string of the molecule is CCCc1cc(=S)nc(-c2cccnc2)[nH]1. The summed E-state index contributed by atoms with van der Waals surface area (Å²) in [7, 11) is 0. The molecular formula is C12H13N3S. The first-order valence-electron chi connectivity index (χ1n) is 5.30. The van der Waals surface area contributed by atoms with Crippen molar-refractivity contribution in [1.29, 1.82) is 0 Å². The van der Waals surface area contributed by atoms with E-state index in [1.165, 1.54) is 0 Å². The molecule has 2 aromatic heterocycles. The minimum Gasteiger partial charge on any atom is -0.343 e. The molecule has 82 valence electrons. The number of aryl methyl sites for hydroxylation is 1. The second-order valence-electron chi connectivity index (χ2n) is 3.58. The maximum absolute atomic E-state index is 5.15. The van der Waals surface area contributed by atoms with Crippen molar-refractivity contribution in [2.75, 3.05) is 0 Å². The predicted octanol–water partition coefficient (Wildman–Crippen LogP) is 3.15. The third-order valence-corrected chi connectivity index (χ3v) is 2.46. The predicted molar refractivity (Wildman–Crippen MR) is 66.6 cm³/mol. The number of nitrogens with one attached hydrogen (secondary N) is 1. The number of rotatable bonds is 3. The van der Waals surface area contributed by atoms with Crippen molar-refractivity contribution in [3.8, 4) is 11.4 Å². The lowest BCUT2D eigenvalue weighted by molar-refractivity contribution is 0.873. The second-order valence-corrected chi connectivity index (χ2v) is 4.00. The van der Waals surface area contributed by atoms with Gasteiger partial charge >= 0.3 is 0 Å². The van der Waals surface area contributed by atoms with E-state index in [0.29, 0.717) is 4.64 Å². The van der Waals surface area contributed by atoms with Crippen LogP contribution in [0.2, 0.25) is 0 Å². The summed E-state index contributed by atoms with van der Waals surface area (Å²) in [6.07, 6.45) is 5.60. The van der Waals surface area contributed by atoms with Crippen LogP contribution in [0, 0.1) is 4.64 Å². The molecule has 2 aromatic rings. The van der Waals surface area contributed by atoms with Gasteiger partial charge in [-0.3, -0.25) is 4.98 Å². The Kier molecular flexibility index (Phi) is 3.41. The van der Waals surface area contributed by atoms with Crippen LogP contribution in [0.1, 0.15) is 19.0 Å². The van der Waals surface area contributed by atoms with Crippen molar-refractivity contribution in [2.24, 2.45) is 0 Å². The van der Waals surface area contributed by atoms with Crippen molar-refractivity contribution in [2.45, 2.75) is 19.8 Å². The second kappa shape index (κ2) is 4.99. The van der Waals surface area contributed by atoms with Gasteiger partial charge < -0.3 is 4.98 Å². The highest BCUT2D eigenvalue weighted by Gasteiger charge is 2.01. The summed E-state index contributed by atoms with van der Waals surface area (Å²) in [5.41, 5.74) is 2.09. The topological polar surface area (TPSA) is 41.6 Å². The first kappa shape index (κ1) is 11.0. The summed E-state index contributed by atoms with van der Waals surface area (Å²) >= 11 is 5.15. The zero-order valence-corrected chi connectivity index (χ0v) is 9.92. The fourth-order valence-electron chi connectivity index (χ4n) is 1.55. The van der Waals surface area contributed by atoms with E-state index in [0.717, 1.165) is 29.9 Å². The molecule has 2 rings (SSSR count). The largest absolute Gasteiger partial charge is 0.343 e. The van der Waals surface area contributed by atoms with Crippen molar-refractivity contribution < 1.29 is 0 Å². The van der Waals surface area contributed by atoms with Gasteiger partial charge in [-0.05, 0) is 24.6 Å². The van der Waals surface area contributed by atoms with Gasteiger partial charge in [0.25, 0.3) is 0 Å². The third-order valence-electron chi connectivity index (χ3n) is 2.25. The minimum atomic E-state index is 0.626. The standard InChI is InChI=1S/C12H13N3S/c1-2-4-10-7-11(16)15-12(14-10)9-5-3-6-13-8-9/h3,5-8H,2,4H2,1H3,(H,14,15,16). The molecule has 0 radical (unpaired) electrons. The number of aromatic nitrogens is 3. The van der Waals surface area contributed by atoms with Crippen LogP contribution in [-0.4, -0.2) is 15.0 Å². The Bertz CT molecular complexity index is 519. The number of nitrogens with zero attached hydrogens (tertiary/aromatic N) is 2. The Morgan fingerprint density at radius 2 is 2.31 bits per heavy atom. The number of hydrogen-bond acceptors (Lipinski definition) is 3. The fourth-order valence-corrected chi connectivity index (χ4v) is 1.78. The molecule has 0 atom stereocenters. The van der Waals surface area contributed by atoms with Crippen LogP contribution >= 0.6 is 12.2 Å². The first-order valence-corrected chi connectivity index (χ1v) is 5.71. The van der Waals surface area contributed by atoms with E-state index >= 15 is 0 Å². The lowest BCUT2D eigenvalue weighted by atomic mass is 10.2. The van der Waals surface area contributed by atoms with Gasteiger partial charge in [0.05, 0.1) is 0 Å². The van der Waals surface area contributed by atoms with Crippen molar-refractivity contribution in [3.63, 3.8) is 0 Å². The molecule has 0 unspecified atom stereocenters. The molecule has 0 aliphatic rings. The lowest BCUT2D eigenvalue weighted by Crippen LogP contribution is -1.96. The minimum absolute atomic E-state index is 0.626. The van der Waals surface area contributed by atoms with Gasteiger partial charge in [0, 0.05) is 23.7 Å². The Morgan fingerprint density at radius 1 is 1.44 bits per heavy atom. The van der Waals surface area contributed by atoms with E-state index in [9.17, 15) is 0 Å². The van der Waals surface area contributed by atoms with E-state index in [1.807, 2.05) is 18.2 Å². The number of H-pyrrole nitrogens is 1. The molecule has 0 spiro atoms. The van der Waals surface area contributed by atoms with Gasteiger partial charge in [-0.15, -0.1) is 0 Å². The zero-order valence-electron chi connectivity index (χ0n) is 9.10. The third kappa shape index (κ3) is 2.52. The molecule has 0 saturated carbocycles. The van der Waals surface area contributed by atoms with Crippen LogP contribution in [0.4, 0.5) is 0 Å². The van der Waals surface area contributed by atoms with Gasteiger partial charge in [0.2, 0.25) is 0 Å². The molecule has 4 heteroatoms. The maximum atomic E-state index is 5.15. The number of aromatic amines is 1. The van der Waals surface area contributed by atoms with E-state index in [2.05, 4.69) is 21.9 Å². The summed E-state index contributed by atoms with van der Waals surface area (Å²) in [5.74, 6) is 0.795. The molecule has 0 fully saturated rings. The summed E-state index contributed by atoms with van der Waals surface area (Å²) in [5, 5.41) is 0. The molecule has 3 nitrogen and oxygen atoms in total. The molecule has 2 heterocycles. The highest BCUT2D eigenvalue weighted by atomic mass is 32.1. The van der Waals surface area contributed by atoms with Crippen molar-refractivity contribution in [1.82, 2.24) is 15.0 Å². The van der Waals surface area contributed by atoms with E-state index in [-0.39, 0.29) is 0 Å². The zero-order chi connectivity index (χ0) is 11.4. The quantitative estimate of drug-likeness (QED) is 0.825. The Labute approximate surface area is 99.6 Å². The van der Waals surface area contributed by atoms with Crippen LogP contribution in [0.5, 0.6) is 0 Å². The highest BCUT2D eigenvalue weighted by molar-refractivity contribution is 7.71. The van der Waals surface area contributed by atoms with E-state index in [4.69, 9.17) is 12.2 Å². The molecule has 16 heavy (non-hydrogen) atoms. The summed E-state index contributed by atoms with van der Waals surface area (Å²) in [4.78, 5) is 11.7. The summed E-state index contributed by atoms with van der Waals surface area (Å²) in [6, 6.07) is 5.77. The maximum Gasteiger partial charge on any atom is 0.140 e. The molecule has 0 amide bonds. The normalized spacial score (nSPS) is 10.3. The lowest BCUT2D eigenvalue weighted by Gasteiger charge is -2.04. The van der Waals surface area contributed by atoms with Gasteiger partial charge in [-0.2, -0.15) is 0 Å². The number of pyridine rings is 1. The van der Waals surface area contributed by atoms with Gasteiger partial charge in [0.15, 0.2) is 0 Å². The van der Waals surface area contributed by atoms with Gasteiger partial charge in [-0.25, -0.2) is 4.98 Å². The monoisotopic (exact) mass is 231 g/mol. The molecule has 1 N–H and O–H groups in total. The van der Waals surface area contributed by atoms with Gasteiger partial charge in [-0.1, -0.05) is 25.6 Å². The average molecular weight is 231 g/mol. The Hall–Kier alpha value is -1.55. The fraction of sp³-hybridized carbons (Fsp3) is 0.250. The van der Waals surface area contributed by atoms with Crippen LogP contribution in [-0.2, 0) is 6.42 Å². The average Bonchev–Trinajstić information content (AvgIpc) is 2.30. The van der Waals surface area contributed by atoms with E-state index in [1.54, 1.807) is 12.4 Å². The Balaban J connectivity index is 2.45. The molecule has 0 bridgehead atoms. The molecule has 0 aliphatic heterocycles. The highest BCUT2D eigenvalue weighted by Crippen LogP contribution is 2.13. The van der Waals surface area contributed by atoms with Crippen molar-refractivity contribution in [3.05, 3.63) is 40.9 Å². The molecule has 0 aliphatic carbocycles. The van der Waals surface area contributed by atoms with Crippen molar-refractivity contribution >= 4 is 12.2 Å². The molecular weight excluding hydrogens is 218 g/mol. The van der Waals surface area contributed by atoms with Crippen LogP contribution < -0.4 is 0 Å². The van der Waals surface area contributed by atoms with Gasteiger partial charge in [0.1, 0.15) is 10.5 Å². The van der Waals surface area contributed by atoms with E-state index < -0.39 is 0 Å².